The van der Waals surface area contributed by atoms with E-state index in [1.807, 2.05) is 13.8 Å². The van der Waals surface area contributed by atoms with E-state index in [0.717, 1.165) is 70.6 Å². The molecule has 0 radical (unpaired) electrons. The van der Waals surface area contributed by atoms with E-state index in [-0.39, 0.29) is 39.3 Å². The Hall–Kier alpha value is -2.74. The summed E-state index contributed by atoms with van der Waals surface area (Å²) in [5.74, 6) is 0. The molecule has 4 unspecified atom stereocenters. The lowest BCUT2D eigenvalue weighted by molar-refractivity contribution is -0.0295. The number of rotatable bonds is 18. The van der Waals surface area contributed by atoms with Gasteiger partial charge in [0.15, 0.2) is 0 Å². The number of amides is 2. The van der Waals surface area contributed by atoms with Crippen molar-refractivity contribution in [3.8, 4) is 0 Å². The maximum absolute atomic E-state index is 12.7. The minimum atomic E-state index is -0.610. The highest BCUT2D eigenvalue weighted by Crippen LogP contribution is 2.47. The molecule has 0 aliphatic heterocycles. The maximum Gasteiger partial charge on any atom is 0.407 e. The smallest absolute Gasteiger partial charge is 0.407 e. The van der Waals surface area contributed by atoms with E-state index in [1.165, 1.54) is 0 Å². The minimum absolute atomic E-state index is 0.0269. The van der Waals surface area contributed by atoms with Crippen LogP contribution in [0.3, 0.4) is 0 Å². The Balaban J connectivity index is 1.59. The molecule has 11 nitrogen and oxygen atoms in total. The Morgan fingerprint density at radius 1 is 0.673 bits per heavy atom. The fraction of sp³-hybridized carbons (Fsp3) is 0.895. The second-order valence-corrected chi connectivity index (χ2v) is 18.4. The van der Waals surface area contributed by atoms with Gasteiger partial charge in [-0.2, -0.15) is 0 Å². The van der Waals surface area contributed by atoms with Gasteiger partial charge in [0.25, 0.3) is 0 Å². The molecule has 2 aliphatic carbocycles. The van der Waals surface area contributed by atoms with Gasteiger partial charge < -0.3 is 24.8 Å². The van der Waals surface area contributed by atoms with Crippen molar-refractivity contribution in [2.45, 2.75) is 170 Å². The van der Waals surface area contributed by atoms with Crippen LogP contribution in [0.2, 0.25) is 0 Å². The number of isocyanates is 2. The third kappa shape index (κ3) is 16.7. The largest absolute Gasteiger partial charge is 0.450 e. The number of nitrogens with zero attached hydrogens (tertiary/aromatic N) is 2. The van der Waals surface area contributed by atoms with Crippen LogP contribution in [0.25, 0.3) is 0 Å². The van der Waals surface area contributed by atoms with E-state index in [1.54, 1.807) is 12.2 Å². The van der Waals surface area contributed by atoms with Crippen molar-refractivity contribution in [1.82, 2.24) is 10.6 Å². The molecule has 0 aromatic heterocycles. The van der Waals surface area contributed by atoms with Gasteiger partial charge in [0.05, 0.1) is 24.3 Å². The number of aliphatic imine (C=N–C) groups is 2. The molecule has 2 aliphatic rings. The summed E-state index contributed by atoms with van der Waals surface area (Å²) in [6.45, 7) is 22.9. The molecule has 0 heterocycles. The summed E-state index contributed by atoms with van der Waals surface area (Å²) in [5.41, 5.74) is -1.17. The summed E-state index contributed by atoms with van der Waals surface area (Å²) in [4.78, 5) is 54.7. The van der Waals surface area contributed by atoms with Gasteiger partial charge in [0.1, 0.15) is 5.60 Å². The topological polar surface area (TPSA) is 145 Å². The standard InChI is InChI=1S/C38H66N4O7/c1-33(2)19-29(41-27-43)21-37(9,23-33)25-39-31(45)47-17-13-11-15-35(5,6)48-18-14-12-16-36(7,8)49-32(46)40-26-38(10)22-30(42-28-44)20-34(3,4)24-38/h29-30H,11-26H2,1-10H3,(H,39,45)(H,40,46). The molecule has 11 heteroatoms. The molecular formula is C38H66N4O7. The van der Waals surface area contributed by atoms with Gasteiger partial charge in [-0.25, -0.2) is 29.2 Å². The third-order valence-electron chi connectivity index (χ3n) is 10.1. The van der Waals surface area contributed by atoms with Crippen LogP contribution >= 0.6 is 0 Å². The lowest BCUT2D eigenvalue weighted by Crippen LogP contribution is -2.46. The van der Waals surface area contributed by atoms with E-state index < -0.39 is 17.8 Å². The van der Waals surface area contributed by atoms with Crippen LogP contribution in [-0.4, -0.2) is 73.9 Å². The summed E-state index contributed by atoms with van der Waals surface area (Å²) < 4.78 is 17.4. The first kappa shape index (κ1) is 42.4. The number of carbonyl (C=O) groups excluding carboxylic acids is 4. The Bertz CT molecular complexity index is 1190. The van der Waals surface area contributed by atoms with Crippen molar-refractivity contribution in [2.75, 3.05) is 26.3 Å². The van der Waals surface area contributed by atoms with E-state index in [2.05, 4.69) is 76.0 Å². The maximum atomic E-state index is 12.7. The van der Waals surface area contributed by atoms with Crippen LogP contribution in [0.15, 0.2) is 9.98 Å². The molecule has 280 valence electrons. The predicted molar refractivity (Wildman–Crippen MR) is 191 cm³/mol. The molecule has 0 saturated heterocycles. The van der Waals surface area contributed by atoms with Gasteiger partial charge in [0.2, 0.25) is 12.2 Å². The first-order valence-electron chi connectivity index (χ1n) is 18.3. The number of alkyl carbamates (subject to hydrolysis) is 2. The fourth-order valence-corrected chi connectivity index (χ4v) is 8.61. The van der Waals surface area contributed by atoms with Crippen molar-refractivity contribution in [1.29, 1.82) is 0 Å². The van der Waals surface area contributed by atoms with Gasteiger partial charge in [0, 0.05) is 19.7 Å². The zero-order valence-corrected chi connectivity index (χ0v) is 32.2. The van der Waals surface area contributed by atoms with Gasteiger partial charge in [-0.15, -0.1) is 0 Å². The molecule has 0 spiro atoms. The number of unbranched alkanes of at least 4 members (excludes halogenated alkanes) is 2. The zero-order chi connectivity index (χ0) is 37.0. The molecule has 0 aromatic rings. The van der Waals surface area contributed by atoms with Crippen molar-refractivity contribution in [3.05, 3.63) is 0 Å². The van der Waals surface area contributed by atoms with Crippen LogP contribution in [-0.2, 0) is 23.8 Å². The number of carbonyl (C=O) groups is 2. The van der Waals surface area contributed by atoms with Crippen molar-refractivity contribution >= 4 is 24.3 Å². The van der Waals surface area contributed by atoms with E-state index in [0.29, 0.717) is 32.7 Å². The molecule has 0 bridgehead atoms. The van der Waals surface area contributed by atoms with Crippen LogP contribution in [0.4, 0.5) is 9.59 Å². The molecule has 2 N–H and O–H groups in total. The number of hydrogen-bond donors (Lipinski definition) is 2. The van der Waals surface area contributed by atoms with E-state index in [4.69, 9.17) is 14.2 Å². The third-order valence-corrected chi connectivity index (χ3v) is 10.1. The second-order valence-electron chi connectivity index (χ2n) is 18.4. The Kier molecular flexibility index (Phi) is 15.6. The van der Waals surface area contributed by atoms with Gasteiger partial charge in [-0.3, -0.25) is 0 Å². The van der Waals surface area contributed by atoms with Gasteiger partial charge >= 0.3 is 12.2 Å². The highest BCUT2D eigenvalue weighted by Gasteiger charge is 2.43. The zero-order valence-electron chi connectivity index (χ0n) is 32.2. The quantitative estimate of drug-likeness (QED) is 0.0838. The average Bonchev–Trinajstić information content (AvgIpc) is 2.93. The highest BCUT2D eigenvalue weighted by atomic mass is 16.6. The SMILES string of the molecule is CC1(C)CC(N=C=O)CC(C)(CNC(=O)OCCCCC(C)(C)OCCCCC(C)(C)OC(=O)NCC2(C)CC(N=C=O)CC(C)(C)C2)C1. The monoisotopic (exact) mass is 690 g/mol. The van der Waals surface area contributed by atoms with Gasteiger partial charge in [-0.05, 0) is 126 Å². The van der Waals surface area contributed by atoms with Crippen molar-refractivity contribution in [2.24, 2.45) is 31.6 Å². The average molecular weight is 691 g/mol. The molecule has 2 rings (SSSR count). The molecule has 2 saturated carbocycles. The number of nitrogens with one attached hydrogen (secondary N) is 2. The number of ether oxygens (including phenoxy) is 3. The van der Waals surface area contributed by atoms with Crippen molar-refractivity contribution in [3.63, 3.8) is 0 Å². The lowest BCUT2D eigenvalue weighted by Gasteiger charge is -2.45. The normalized spacial score (nSPS) is 26.4. The summed E-state index contributed by atoms with van der Waals surface area (Å²) in [5, 5.41) is 5.88. The van der Waals surface area contributed by atoms with Crippen LogP contribution in [0, 0.1) is 21.7 Å². The predicted octanol–water partition coefficient (Wildman–Crippen LogP) is 8.19. The Labute approximate surface area is 295 Å². The van der Waals surface area contributed by atoms with Gasteiger partial charge in [-0.1, -0.05) is 41.5 Å². The molecule has 4 atom stereocenters. The number of hydrogen-bond acceptors (Lipinski definition) is 9. The van der Waals surface area contributed by atoms with E-state index in [9.17, 15) is 19.2 Å². The first-order valence-corrected chi connectivity index (χ1v) is 18.3. The van der Waals surface area contributed by atoms with E-state index >= 15 is 0 Å². The summed E-state index contributed by atoms with van der Waals surface area (Å²) in [6, 6.07) is -0.139. The van der Waals surface area contributed by atoms with Crippen LogP contribution in [0.1, 0.15) is 146 Å². The van der Waals surface area contributed by atoms with Crippen LogP contribution < -0.4 is 10.6 Å². The molecule has 49 heavy (non-hydrogen) atoms. The minimum Gasteiger partial charge on any atom is -0.450 e. The molecule has 2 fully saturated rings. The van der Waals surface area contributed by atoms with Crippen LogP contribution in [0.5, 0.6) is 0 Å². The lowest BCUT2D eigenvalue weighted by atomic mass is 9.62. The van der Waals surface area contributed by atoms with Crippen molar-refractivity contribution < 1.29 is 33.4 Å². The molecular weight excluding hydrogens is 624 g/mol. The summed E-state index contributed by atoms with van der Waals surface area (Å²) in [6.07, 6.45) is 12.5. The second kappa shape index (κ2) is 18.0. The summed E-state index contributed by atoms with van der Waals surface area (Å²) in [7, 11) is 0. The molecule has 0 aromatic carbocycles. The fourth-order valence-electron chi connectivity index (χ4n) is 8.61. The Morgan fingerprint density at radius 2 is 1.12 bits per heavy atom. The first-order chi connectivity index (χ1) is 22.6. The summed E-state index contributed by atoms with van der Waals surface area (Å²) >= 11 is 0. The Morgan fingerprint density at radius 3 is 1.61 bits per heavy atom. The highest BCUT2D eigenvalue weighted by molar-refractivity contribution is 5.68. The molecule has 2 amide bonds.